The summed E-state index contributed by atoms with van der Waals surface area (Å²) in [5.41, 5.74) is 2.32. The van der Waals surface area contributed by atoms with Gasteiger partial charge in [-0.2, -0.15) is 0 Å². The minimum atomic E-state index is -0.575. The van der Waals surface area contributed by atoms with Crippen LogP contribution in [0.4, 0.5) is 16.2 Å². The molecule has 0 bridgehead atoms. The van der Waals surface area contributed by atoms with E-state index in [1.807, 2.05) is 13.0 Å². The van der Waals surface area contributed by atoms with Crippen LogP contribution in [0.3, 0.4) is 0 Å². The van der Waals surface area contributed by atoms with E-state index in [0.29, 0.717) is 6.54 Å². The molecule has 0 unspecified atom stereocenters. The van der Waals surface area contributed by atoms with Crippen molar-refractivity contribution in [3.63, 3.8) is 0 Å². The highest BCUT2D eigenvalue weighted by Gasteiger charge is 2.15. The molecule has 0 aliphatic carbocycles. The van der Waals surface area contributed by atoms with E-state index in [0.717, 1.165) is 16.9 Å². The molecule has 1 atom stereocenters. The fourth-order valence-corrected chi connectivity index (χ4v) is 1.82. The summed E-state index contributed by atoms with van der Waals surface area (Å²) in [6.07, 6.45) is 0. The van der Waals surface area contributed by atoms with Crippen molar-refractivity contribution in [3.05, 3.63) is 23.8 Å². The average molecular weight is 306 g/mol. The van der Waals surface area contributed by atoms with Crippen molar-refractivity contribution in [2.24, 2.45) is 0 Å². The monoisotopic (exact) mass is 306 g/mol. The van der Waals surface area contributed by atoms with Crippen LogP contribution in [0.5, 0.6) is 0 Å². The molecule has 1 aromatic carbocycles. The Morgan fingerprint density at radius 2 is 1.91 bits per heavy atom. The summed E-state index contributed by atoms with van der Waals surface area (Å²) in [5, 5.41) is 10.5. The molecular weight excluding hydrogens is 284 g/mol. The number of amides is 4. The largest absolute Gasteiger partial charge is 0.374 e. The number of carbonyl (C=O) groups excluding carboxylic acids is 3. The molecule has 0 spiro atoms. The highest BCUT2D eigenvalue weighted by atomic mass is 16.2. The van der Waals surface area contributed by atoms with Crippen molar-refractivity contribution >= 4 is 29.2 Å². The van der Waals surface area contributed by atoms with Crippen LogP contribution in [0.25, 0.3) is 0 Å². The van der Waals surface area contributed by atoms with Crippen LogP contribution in [0.15, 0.2) is 18.2 Å². The second-order valence-corrected chi connectivity index (χ2v) is 4.93. The van der Waals surface area contributed by atoms with Gasteiger partial charge in [0.2, 0.25) is 11.8 Å². The Labute approximate surface area is 129 Å². The van der Waals surface area contributed by atoms with Crippen LogP contribution in [0.2, 0.25) is 0 Å². The molecule has 0 radical (unpaired) electrons. The van der Waals surface area contributed by atoms with Crippen LogP contribution < -0.4 is 21.3 Å². The molecule has 0 aliphatic heterocycles. The van der Waals surface area contributed by atoms with E-state index in [-0.39, 0.29) is 5.91 Å². The van der Waals surface area contributed by atoms with Gasteiger partial charge in [0.1, 0.15) is 6.04 Å². The van der Waals surface area contributed by atoms with Gasteiger partial charge >= 0.3 is 6.03 Å². The maximum Gasteiger partial charge on any atom is 0.321 e. The molecule has 1 aromatic rings. The number of carbonyl (C=O) groups is 3. The van der Waals surface area contributed by atoms with Gasteiger partial charge in [0.05, 0.1) is 0 Å². The smallest absolute Gasteiger partial charge is 0.321 e. The molecule has 7 nitrogen and oxygen atoms in total. The first kappa shape index (κ1) is 17.5. The van der Waals surface area contributed by atoms with E-state index in [2.05, 4.69) is 21.3 Å². The van der Waals surface area contributed by atoms with Gasteiger partial charge in [0, 0.05) is 24.8 Å². The van der Waals surface area contributed by atoms with E-state index in [1.165, 1.54) is 6.92 Å². The van der Waals surface area contributed by atoms with Crippen LogP contribution in [0.1, 0.15) is 26.3 Å². The third-order valence-electron chi connectivity index (χ3n) is 2.89. The lowest BCUT2D eigenvalue weighted by Crippen LogP contribution is -2.45. The molecule has 1 rings (SSSR count). The summed E-state index contributed by atoms with van der Waals surface area (Å²) in [5.74, 6) is -0.562. The summed E-state index contributed by atoms with van der Waals surface area (Å²) in [6, 6.07) is 4.25. The van der Waals surface area contributed by atoms with Gasteiger partial charge in [0.15, 0.2) is 0 Å². The second-order valence-electron chi connectivity index (χ2n) is 4.93. The van der Waals surface area contributed by atoms with E-state index in [4.69, 9.17) is 0 Å². The maximum absolute atomic E-state index is 11.8. The number of aryl methyl sites for hydroxylation is 1. The third kappa shape index (κ3) is 5.43. The number of hydrogen-bond acceptors (Lipinski definition) is 4. The van der Waals surface area contributed by atoms with Crippen LogP contribution in [-0.4, -0.2) is 30.4 Å². The second kappa shape index (κ2) is 8.02. The molecule has 4 amide bonds. The first-order chi connectivity index (χ1) is 10.3. The van der Waals surface area contributed by atoms with Gasteiger partial charge in [0.25, 0.3) is 0 Å². The Kier molecular flexibility index (Phi) is 6.37. The lowest BCUT2D eigenvalue weighted by atomic mass is 10.1. The number of hydrogen-bond donors (Lipinski definition) is 4. The molecule has 7 heteroatoms. The minimum absolute atomic E-state index is 0.140. The number of nitrogens with one attached hydrogen (secondary N) is 4. The molecule has 0 saturated heterocycles. The van der Waals surface area contributed by atoms with Crippen molar-refractivity contribution < 1.29 is 14.4 Å². The highest BCUT2D eigenvalue weighted by Crippen LogP contribution is 2.20. The number of anilines is 2. The topological polar surface area (TPSA) is 99.3 Å². The fraction of sp³-hybridized carbons (Fsp3) is 0.400. The minimum Gasteiger partial charge on any atom is -0.374 e. The van der Waals surface area contributed by atoms with Gasteiger partial charge in [-0.3, -0.25) is 14.9 Å². The van der Waals surface area contributed by atoms with Gasteiger partial charge in [-0.15, -0.1) is 0 Å². The summed E-state index contributed by atoms with van der Waals surface area (Å²) < 4.78 is 0. The molecule has 120 valence electrons. The zero-order valence-electron chi connectivity index (χ0n) is 13.2. The summed E-state index contributed by atoms with van der Waals surface area (Å²) in [4.78, 5) is 34.2. The van der Waals surface area contributed by atoms with Gasteiger partial charge in [-0.25, -0.2) is 4.79 Å². The average Bonchev–Trinajstić information content (AvgIpc) is 2.41. The Morgan fingerprint density at radius 1 is 1.23 bits per heavy atom. The Balaban J connectivity index is 2.66. The van der Waals surface area contributed by atoms with E-state index in [1.54, 1.807) is 26.0 Å². The Bertz CT molecular complexity index is 572. The summed E-state index contributed by atoms with van der Waals surface area (Å²) in [7, 11) is 0. The predicted octanol–water partition coefficient (Wildman–Crippen LogP) is 1.60. The van der Waals surface area contributed by atoms with Crippen LogP contribution in [-0.2, 0) is 9.59 Å². The first-order valence-electron chi connectivity index (χ1n) is 7.07. The van der Waals surface area contributed by atoms with E-state index < -0.39 is 18.0 Å². The molecular formula is C15H22N4O3. The maximum atomic E-state index is 11.8. The normalized spacial score (nSPS) is 11.3. The third-order valence-corrected chi connectivity index (χ3v) is 2.89. The summed E-state index contributed by atoms with van der Waals surface area (Å²) in [6.45, 7) is 7.18. The Hall–Kier alpha value is -2.57. The number of urea groups is 1. The number of imide groups is 1. The van der Waals surface area contributed by atoms with Crippen molar-refractivity contribution in [2.75, 3.05) is 17.2 Å². The van der Waals surface area contributed by atoms with Crippen molar-refractivity contribution in [3.8, 4) is 0 Å². The zero-order valence-corrected chi connectivity index (χ0v) is 13.2. The highest BCUT2D eigenvalue weighted by molar-refractivity contribution is 5.98. The molecule has 4 N–H and O–H groups in total. The molecule has 0 aliphatic rings. The van der Waals surface area contributed by atoms with Crippen LogP contribution >= 0.6 is 0 Å². The first-order valence-corrected chi connectivity index (χ1v) is 7.07. The molecule has 0 fully saturated rings. The molecule has 0 saturated carbocycles. The molecule has 22 heavy (non-hydrogen) atoms. The van der Waals surface area contributed by atoms with E-state index in [9.17, 15) is 14.4 Å². The summed E-state index contributed by atoms with van der Waals surface area (Å²) >= 11 is 0. The lowest BCUT2D eigenvalue weighted by molar-refractivity contribution is -0.120. The zero-order chi connectivity index (χ0) is 16.7. The Morgan fingerprint density at radius 3 is 2.45 bits per heavy atom. The van der Waals surface area contributed by atoms with Gasteiger partial charge in [-0.1, -0.05) is 0 Å². The van der Waals surface area contributed by atoms with Crippen LogP contribution in [0, 0.1) is 6.92 Å². The quantitative estimate of drug-likeness (QED) is 0.664. The van der Waals surface area contributed by atoms with Crippen molar-refractivity contribution in [2.45, 2.75) is 33.7 Å². The van der Waals surface area contributed by atoms with Gasteiger partial charge in [-0.05, 0) is 44.5 Å². The molecule has 0 heterocycles. The van der Waals surface area contributed by atoms with Gasteiger partial charge < -0.3 is 16.0 Å². The SMILES string of the molecule is CCNC(=O)NC(=O)[C@@H](C)Nc1ccc(NC(C)=O)c(C)c1. The predicted molar refractivity (Wildman–Crippen MR) is 85.8 cm³/mol. The standard InChI is InChI=1S/C15H22N4O3/c1-5-16-15(22)19-14(21)10(3)17-12-6-7-13(9(2)8-12)18-11(4)20/h6-8,10,17H,5H2,1-4H3,(H,18,20)(H2,16,19,21,22)/t10-/m1/s1. The van der Waals surface area contributed by atoms with Crippen molar-refractivity contribution in [1.82, 2.24) is 10.6 Å². The number of rotatable bonds is 5. The van der Waals surface area contributed by atoms with Crippen molar-refractivity contribution in [1.29, 1.82) is 0 Å². The number of benzene rings is 1. The lowest BCUT2D eigenvalue weighted by Gasteiger charge is -2.16. The fourth-order valence-electron chi connectivity index (χ4n) is 1.82. The van der Waals surface area contributed by atoms with E-state index >= 15 is 0 Å². The molecule has 0 aromatic heterocycles.